The van der Waals surface area contributed by atoms with Gasteiger partial charge in [0.2, 0.25) is 0 Å². The Bertz CT molecular complexity index is 1040. The van der Waals surface area contributed by atoms with E-state index >= 15 is 0 Å². The molecule has 1 N–H and O–H groups in total. The van der Waals surface area contributed by atoms with Gasteiger partial charge in [-0.2, -0.15) is 0 Å². The first-order chi connectivity index (χ1) is 11.3. The average molecular weight is 301 g/mol. The Morgan fingerprint density at radius 3 is 2.83 bits per heavy atom. The number of aromatic nitrogens is 1. The Balaban J connectivity index is 1.81. The zero-order valence-electron chi connectivity index (χ0n) is 12.7. The van der Waals surface area contributed by atoms with E-state index in [-0.39, 0.29) is 6.17 Å². The van der Waals surface area contributed by atoms with Gasteiger partial charge in [-0.3, -0.25) is 0 Å². The highest BCUT2D eigenvalue weighted by Crippen LogP contribution is 2.42. The summed E-state index contributed by atoms with van der Waals surface area (Å²) < 4.78 is 6.16. The third kappa shape index (κ3) is 1.69. The molecule has 3 heterocycles. The van der Waals surface area contributed by atoms with Crippen LogP contribution in [0.4, 0.5) is 17.2 Å². The summed E-state index contributed by atoms with van der Waals surface area (Å²) in [7, 11) is 0. The van der Waals surface area contributed by atoms with Crippen molar-refractivity contribution in [2.24, 2.45) is 0 Å². The molecule has 0 bridgehead atoms. The van der Waals surface area contributed by atoms with E-state index in [4.69, 9.17) is 4.42 Å². The molecule has 0 amide bonds. The summed E-state index contributed by atoms with van der Waals surface area (Å²) in [5, 5.41) is 5.74. The van der Waals surface area contributed by atoms with Crippen molar-refractivity contribution in [1.29, 1.82) is 0 Å². The van der Waals surface area contributed by atoms with E-state index in [1.807, 2.05) is 30.5 Å². The number of benzene rings is 2. The van der Waals surface area contributed by atoms with Crippen LogP contribution < -0.4 is 10.2 Å². The van der Waals surface area contributed by atoms with Gasteiger partial charge in [0.05, 0.1) is 11.4 Å². The van der Waals surface area contributed by atoms with Crippen molar-refractivity contribution >= 4 is 39.1 Å². The smallest absolute Gasteiger partial charge is 0.159 e. The number of hydrogen-bond acceptors (Lipinski definition) is 4. The monoisotopic (exact) mass is 301 g/mol. The van der Waals surface area contributed by atoms with Gasteiger partial charge in [-0.15, -0.1) is 0 Å². The molecule has 4 aromatic rings. The predicted octanol–water partition coefficient (Wildman–Crippen LogP) is 4.89. The molecule has 0 spiro atoms. The maximum Gasteiger partial charge on any atom is 0.159 e. The number of pyridine rings is 1. The van der Waals surface area contributed by atoms with Gasteiger partial charge in [0.15, 0.2) is 11.4 Å². The second kappa shape index (κ2) is 4.49. The number of para-hydroxylation sites is 2. The summed E-state index contributed by atoms with van der Waals surface area (Å²) >= 11 is 0. The van der Waals surface area contributed by atoms with Crippen molar-refractivity contribution in [3.8, 4) is 0 Å². The molecule has 23 heavy (non-hydrogen) atoms. The molecular formula is C19H15N3O. The highest BCUT2D eigenvalue weighted by atomic mass is 16.3. The zero-order valence-corrected chi connectivity index (χ0v) is 12.7. The first-order valence-electron chi connectivity index (χ1n) is 7.74. The van der Waals surface area contributed by atoms with Crippen LogP contribution in [-0.2, 0) is 0 Å². The number of furan rings is 1. The Hall–Kier alpha value is -3.01. The van der Waals surface area contributed by atoms with Crippen molar-refractivity contribution in [2.45, 2.75) is 13.1 Å². The molecular weight excluding hydrogens is 286 g/mol. The molecule has 5 rings (SSSR count). The molecule has 4 heteroatoms. The molecule has 1 atom stereocenters. The maximum absolute atomic E-state index is 6.16. The fourth-order valence-electron chi connectivity index (χ4n) is 3.42. The van der Waals surface area contributed by atoms with Crippen LogP contribution in [0.5, 0.6) is 0 Å². The van der Waals surface area contributed by atoms with Crippen LogP contribution in [0.1, 0.15) is 6.92 Å². The number of hydrogen-bond donors (Lipinski definition) is 1. The molecule has 4 nitrogen and oxygen atoms in total. The van der Waals surface area contributed by atoms with Crippen molar-refractivity contribution in [1.82, 2.24) is 4.98 Å². The fourth-order valence-corrected chi connectivity index (χ4v) is 3.42. The number of nitrogens with zero attached hydrogens (tertiary/aromatic N) is 2. The Labute approximate surface area is 133 Å². The highest BCUT2D eigenvalue weighted by Gasteiger charge is 2.29. The summed E-state index contributed by atoms with van der Waals surface area (Å²) in [5.41, 5.74) is 3.90. The summed E-state index contributed by atoms with van der Waals surface area (Å²) in [6.07, 6.45) is 1.95. The van der Waals surface area contributed by atoms with Gasteiger partial charge in [0.25, 0.3) is 0 Å². The molecule has 1 unspecified atom stereocenters. The van der Waals surface area contributed by atoms with E-state index in [0.29, 0.717) is 0 Å². The van der Waals surface area contributed by atoms with E-state index in [1.165, 1.54) is 0 Å². The molecule has 2 aromatic carbocycles. The lowest BCUT2D eigenvalue weighted by atomic mass is 10.1. The minimum Gasteiger partial charge on any atom is -0.454 e. The standard InChI is InChI=1S/C19H15N3O/c1-12-21-15-8-5-11-20-19(15)22(12)16-9-4-7-14-13-6-2-3-10-17(13)23-18(14)16/h2-12,21H,1H3. The average Bonchev–Trinajstić information content (AvgIpc) is 3.11. The van der Waals surface area contributed by atoms with Gasteiger partial charge in [0, 0.05) is 17.0 Å². The van der Waals surface area contributed by atoms with Gasteiger partial charge in [-0.25, -0.2) is 4.98 Å². The molecule has 0 fully saturated rings. The van der Waals surface area contributed by atoms with Gasteiger partial charge in [-0.1, -0.05) is 30.3 Å². The van der Waals surface area contributed by atoms with E-state index < -0.39 is 0 Å². The molecule has 0 aliphatic carbocycles. The maximum atomic E-state index is 6.16. The molecule has 0 saturated heterocycles. The van der Waals surface area contributed by atoms with E-state index in [2.05, 4.69) is 52.5 Å². The largest absolute Gasteiger partial charge is 0.454 e. The fraction of sp³-hybridized carbons (Fsp3) is 0.105. The van der Waals surface area contributed by atoms with E-state index in [0.717, 1.165) is 39.1 Å². The van der Waals surface area contributed by atoms with Crippen LogP contribution in [0.15, 0.2) is 65.2 Å². The molecule has 112 valence electrons. The third-order valence-corrected chi connectivity index (χ3v) is 4.41. The van der Waals surface area contributed by atoms with Crippen LogP contribution in [-0.4, -0.2) is 11.1 Å². The Kier molecular flexibility index (Phi) is 2.45. The SMILES string of the molecule is CC1Nc2cccnc2N1c1cccc2c1oc1ccccc12. The minimum absolute atomic E-state index is 0.124. The van der Waals surface area contributed by atoms with Crippen molar-refractivity contribution in [3.63, 3.8) is 0 Å². The molecule has 1 aliphatic rings. The second-order valence-electron chi connectivity index (χ2n) is 5.82. The summed E-state index contributed by atoms with van der Waals surface area (Å²) in [4.78, 5) is 6.74. The molecule has 1 aliphatic heterocycles. The first kappa shape index (κ1) is 12.5. The lowest BCUT2D eigenvalue weighted by Gasteiger charge is -2.23. The Morgan fingerprint density at radius 2 is 1.87 bits per heavy atom. The van der Waals surface area contributed by atoms with Crippen molar-refractivity contribution < 1.29 is 4.42 Å². The topological polar surface area (TPSA) is 41.3 Å². The van der Waals surface area contributed by atoms with Crippen LogP contribution in [0, 0.1) is 0 Å². The van der Waals surface area contributed by atoms with Crippen LogP contribution in [0.3, 0.4) is 0 Å². The number of nitrogens with one attached hydrogen (secondary N) is 1. The van der Waals surface area contributed by atoms with Crippen molar-refractivity contribution in [2.75, 3.05) is 10.2 Å². The number of fused-ring (bicyclic) bond motifs is 4. The van der Waals surface area contributed by atoms with Crippen LogP contribution in [0.25, 0.3) is 21.9 Å². The summed E-state index contributed by atoms with van der Waals surface area (Å²) in [6, 6.07) is 18.4. The predicted molar refractivity (Wildman–Crippen MR) is 93.2 cm³/mol. The van der Waals surface area contributed by atoms with Gasteiger partial charge < -0.3 is 14.6 Å². The van der Waals surface area contributed by atoms with Crippen molar-refractivity contribution in [3.05, 3.63) is 60.8 Å². The first-order valence-corrected chi connectivity index (χ1v) is 7.74. The third-order valence-electron chi connectivity index (χ3n) is 4.41. The summed E-state index contributed by atoms with van der Waals surface area (Å²) in [6.45, 7) is 2.13. The second-order valence-corrected chi connectivity index (χ2v) is 5.82. The molecule has 0 saturated carbocycles. The minimum atomic E-state index is 0.124. The van der Waals surface area contributed by atoms with Gasteiger partial charge >= 0.3 is 0 Å². The van der Waals surface area contributed by atoms with E-state index in [1.54, 1.807) is 0 Å². The van der Waals surface area contributed by atoms with Crippen LogP contribution in [0.2, 0.25) is 0 Å². The van der Waals surface area contributed by atoms with Gasteiger partial charge in [-0.05, 0) is 31.2 Å². The quantitative estimate of drug-likeness (QED) is 0.543. The highest BCUT2D eigenvalue weighted by molar-refractivity contribution is 6.09. The lowest BCUT2D eigenvalue weighted by Crippen LogP contribution is -2.28. The van der Waals surface area contributed by atoms with E-state index in [9.17, 15) is 0 Å². The molecule has 0 radical (unpaired) electrons. The Morgan fingerprint density at radius 1 is 1.00 bits per heavy atom. The molecule has 2 aromatic heterocycles. The normalized spacial score (nSPS) is 16.7. The zero-order chi connectivity index (χ0) is 15.4. The van der Waals surface area contributed by atoms with Gasteiger partial charge in [0.1, 0.15) is 11.7 Å². The lowest BCUT2D eigenvalue weighted by molar-refractivity contribution is 0.665. The summed E-state index contributed by atoms with van der Waals surface area (Å²) in [5.74, 6) is 0.938. The number of rotatable bonds is 1. The van der Waals surface area contributed by atoms with Crippen LogP contribution >= 0.6 is 0 Å². The number of anilines is 3.